The molecule has 1 aliphatic carbocycles. The molecule has 0 atom stereocenters. The largest absolute Gasteiger partial charge is 0.493 e. The molecule has 2 aromatic heterocycles. The van der Waals surface area contributed by atoms with Gasteiger partial charge in [0.15, 0.2) is 10.1 Å². The van der Waals surface area contributed by atoms with Crippen molar-refractivity contribution in [3.05, 3.63) is 97.1 Å². The van der Waals surface area contributed by atoms with Crippen LogP contribution in [-0.2, 0) is 0 Å². The van der Waals surface area contributed by atoms with E-state index in [-0.39, 0.29) is 0 Å². The third-order valence-electron chi connectivity index (χ3n) is 6.96. The van der Waals surface area contributed by atoms with Crippen molar-refractivity contribution in [1.82, 2.24) is 0 Å². The van der Waals surface area contributed by atoms with Gasteiger partial charge in [-0.3, -0.25) is 0 Å². The molecular weight excluding hydrogens is 537 g/mol. The van der Waals surface area contributed by atoms with Crippen LogP contribution in [-0.4, -0.2) is 26.4 Å². The minimum absolute atomic E-state index is 0.634. The van der Waals surface area contributed by atoms with Gasteiger partial charge in [-0.2, -0.15) is 0 Å². The summed E-state index contributed by atoms with van der Waals surface area (Å²) < 4.78 is 26.4. The van der Waals surface area contributed by atoms with Crippen molar-refractivity contribution in [1.29, 1.82) is 0 Å². The van der Waals surface area contributed by atoms with Gasteiger partial charge in [-0.1, -0.05) is 83.3 Å². The summed E-state index contributed by atoms with van der Waals surface area (Å²) >= 11 is 3.47. The van der Waals surface area contributed by atoms with E-state index in [1.807, 2.05) is 60.7 Å². The third kappa shape index (κ3) is 5.01. The number of hydrogen-bond donors (Lipinski definition) is 0. The summed E-state index contributed by atoms with van der Waals surface area (Å²) in [5.41, 5.74) is 5.33. The molecule has 4 aromatic carbocycles. The lowest BCUT2D eigenvalue weighted by Gasteiger charge is -2.25. The second-order valence-corrected chi connectivity index (χ2v) is 11.7. The van der Waals surface area contributed by atoms with E-state index in [4.69, 9.17) is 18.9 Å². The van der Waals surface area contributed by atoms with Crippen LogP contribution in [0.15, 0.2) is 97.1 Å². The number of para-hydroxylation sites is 2. The minimum Gasteiger partial charge on any atom is -0.493 e. The molecular formula is C34H28O4S2. The van der Waals surface area contributed by atoms with Gasteiger partial charge >= 0.3 is 0 Å². The molecule has 2 heterocycles. The van der Waals surface area contributed by atoms with Crippen LogP contribution in [0, 0.1) is 0 Å². The van der Waals surface area contributed by atoms with E-state index in [1.54, 1.807) is 22.7 Å². The first-order valence-corrected chi connectivity index (χ1v) is 15.2. The van der Waals surface area contributed by atoms with Gasteiger partial charge in [-0.25, -0.2) is 0 Å². The quantitative estimate of drug-likeness (QED) is 0.139. The molecule has 40 heavy (non-hydrogen) atoms. The Hall–Kier alpha value is -4.00. The first-order chi connectivity index (χ1) is 19.8. The summed E-state index contributed by atoms with van der Waals surface area (Å²) in [4.78, 5) is 0. The highest BCUT2D eigenvalue weighted by Crippen LogP contribution is 2.57. The van der Waals surface area contributed by atoms with E-state index in [0.717, 1.165) is 34.5 Å². The molecule has 0 saturated heterocycles. The van der Waals surface area contributed by atoms with Gasteiger partial charge in [-0.05, 0) is 58.3 Å². The predicted octanol–water partition coefficient (Wildman–Crippen LogP) is 9.46. The molecule has 0 amide bonds. The predicted molar refractivity (Wildman–Crippen MR) is 166 cm³/mol. The molecule has 7 rings (SSSR count). The lowest BCUT2D eigenvalue weighted by molar-refractivity contribution is 0.251. The molecule has 6 aromatic rings. The fourth-order valence-electron chi connectivity index (χ4n) is 5.07. The van der Waals surface area contributed by atoms with Crippen LogP contribution in [0.2, 0.25) is 0 Å². The van der Waals surface area contributed by atoms with Crippen molar-refractivity contribution < 1.29 is 18.9 Å². The molecule has 0 bridgehead atoms. The van der Waals surface area contributed by atoms with Crippen molar-refractivity contribution in [2.24, 2.45) is 0 Å². The zero-order valence-electron chi connectivity index (χ0n) is 21.9. The number of hydrogen-bond acceptors (Lipinski definition) is 6. The van der Waals surface area contributed by atoms with Gasteiger partial charge in [0, 0.05) is 33.4 Å². The van der Waals surface area contributed by atoms with Crippen LogP contribution in [0.4, 0.5) is 0 Å². The van der Waals surface area contributed by atoms with E-state index in [0.29, 0.717) is 26.4 Å². The zero-order chi connectivity index (χ0) is 26.7. The van der Waals surface area contributed by atoms with Crippen molar-refractivity contribution in [2.45, 2.75) is 12.8 Å². The molecule has 1 aliphatic rings. The number of benzene rings is 4. The number of fused-ring (bicyclic) bond motifs is 8. The molecule has 200 valence electrons. The summed E-state index contributed by atoms with van der Waals surface area (Å²) in [5, 5.41) is 4.39. The Bertz CT molecular complexity index is 1610. The molecule has 0 radical (unpaired) electrons. The first kappa shape index (κ1) is 25.0. The number of thiophene rings is 2. The second-order valence-electron chi connectivity index (χ2n) is 9.67. The van der Waals surface area contributed by atoms with Crippen molar-refractivity contribution in [3.8, 4) is 43.9 Å². The van der Waals surface area contributed by atoms with Crippen LogP contribution in [0.3, 0.4) is 0 Å². The maximum absolute atomic E-state index is 6.10. The minimum atomic E-state index is 0.634. The Kier molecular flexibility index (Phi) is 7.02. The Labute approximate surface area is 241 Å². The molecule has 0 aliphatic heterocycles. The average Bonchev–Trinajstić information content (AvgIpc) is 3.58. The fraction of sp³-hybridized carbons (Fsp3) is 0.176. The normalized spacial score (nSPS) is 11.6. The smallest absolute Gasteiger partial charge is 0.174 e. The monoisotopic (exact) mass is 564 g/mol. The van der Waals surface area contributed by atoms with Crippen LogP contribution < -0.4 is 18.9 Å². The van der Waals surface area contributed by atoms with E-state index in [1.165, 1.54) is 42.4 Å². The van der Waals surface area contributed by atoms with E-state index in [9.17, 15) is 0 Å². The lowest BCUT2D eigenvalue weighted by Crippen LogP contribution is -2.04. The Morgan fingerprint density at radius 3 is 1.32 bits per heavy atom. The van der Waals surface area contributed by atoms with Crippen LogP contribution in [0.5, 0.6) is 21.6 Å². The Morgan fingerprint density at radius 2 is 0.875 bits per heavy atom. The van der Waals surface area contributed by atoms with Crippen molar-refractivity contribution in [3.63, 3.8) is 0 Å². The highest BCUT2D eigenvalue weighted by Gasteiger charge is 2.29. The summed E-state index contributed by atoms with van der Waals surface area (Å²) in [6, 6.07) is 33.1. The van der Waals surface area contributed by atoms with Crippen LogP contribution in [0.25, 0.3) is 42.4 Å². The van der Waals surface area contributed by atoms with Gasteiger partial charge in [0.05, 0.1) is 26.4 Å². The summed E-state index contributed by atoms with van der Waals surface area (Å²) in [6.07, 6.45) is 1.68. The standard InChI is InChI=1S/C34H28O4S2/c1-3-9-25(10-4-1)35-17-7-19-37-29-21-23-13-15-27-31(33(23)39-29)28-16-14-24-22-30(40-34(24)32(27)28)38-20-8-18-36-26-11-5-2-6-12-26/h1-6,9-16,21-22H,7-8,17-20H2. The highest BCUT2D eigenvalue weighted by molar-refractivity contribution is 7.22. The zero-order valence-corrected chi connectivity index (χ0v) is 23.6. The number of rotatable bonds is 12. The molecule has 4 nitrogen and oxygen atoms in total. The Balaban J connectivity index is 0.985. The van der Waals surface area contributed by atoms with E-state index < -0.39 is 0 Å². The van der Waals surface area contributed by atoms with Crippen molar-refractivity contribution >= 4 is 42.8 Å². The van der Waals surface area contributed by atoms with Gasteiger partial charge in [0.25, 0.3) is 0 Å². The van der Waals surface area contributed by atoms with Crippen molar-refractivity contribution in [2.75, 3.05) is 26.4 Å². The number of ether oxygens (including phenoxy) is 4. The molecule has 0 unspecified atom stereocenters. The van der Waals surface area contributed by atoms with Crippen LogP contribution >= 0.6 is 22.7 Å². The SMILES string of the molecule is c1ccc(OCCCOc2cc3ccc4c(c3s2)-c2ccc3cc(OCCCOc5ccccc5)sc3c2-4)cc1. The highest BCUT2D eigenvalue weighted by atomic mass is 32.1. The van der Waals surface area contributed by atoms with Gasteiger partial charge < -0.3 is 18.9 Å². The summed E-state index contributed by atoms with van der Waals surface area (Å²) in [5.74, 6) is 1.80. The van der Waals surface area contributed by atoms with Gasteiger partial charge in [0.1, 0.15) is 11.5 Å². The fourth-order valence-corrected chi connectivity index (χ4v) is 7.26. The summed E-state index contributed by atoms with van der Waals surface area (Å²) in [7, 11) is 0. The average molecular weight is 565 g/mol. The molecule has 0 fully saturated rings. The topological polar surface area (TPSA) is 36.9 Å². The maximum atomic E-state index is 6.10. The van der Waals surface area contributed by atoms with Crippen LogP contribution in [0.1, 0.15) is 12.8 Å². The van der Waals surface area contributed by atoms with E-state index in [2.05, 4.69) is 36.4 Å². The van der Waals surface area contributed by atoms with Gasteiger partial charge in [0.2, 0.25) is 0 Å². The third-order valence-corrected chi connectivity index (χ3v) is 9.12. The maximum Gasteiger partial charge on any atom is 0.174 e. The second kappa shape index (κ2) is 11.2. The molecule has 0 spiro atoms. The van der Waals surface area contributed by atoms with E-state index >= 15 is 0 Å². The molecule has 0 N–H and O–H groups in total. The molecule has 6 heteroatoms. The first-order valence-electron chi connectivity index (χ1n) is 13.6. The molecule has 0 saturated carbocycles. The van der Waals surface area contributed by atoms with Gasteiger partial charge in [-0.15, -0.1) is 0 Å². The lowest BCUT2D eigenvalue weighted by atomic mass is 9.79. The Morgan fingerprint density at radius 1 is 0.450 bits per heavy atom. The summed E-state index contributed by atoms with van der Waals surface area (Å²) in [6.45, 7) is 2.55.